The van der Waals surface area contributed by atoms with Crippen molar-refractivity contribution in [2.45, 2.75) is 90.6 Å². The molecule has 0 spiro atoms. The van der Waals surface area contributed by atoms with Crippen molar-refractivity contribution in [1.82, 2.24) is 19.5 Å². The van der Waals surface area contributed by atoms with Crippen LogP contribution in [0.5, 0.6) is 0 Å². The van der Waals surface area contributed by atoms with E-state index in [1.54, 1.807) is 24.4 Å². The number of Topliss-reactive ketones (excluding diaryl/α,β-unsaturated/α-hetero) is 1. The molecule has 2 aromatic rings. The first-order chi connectivity index (χ1) is 17.3. The molecule has 6 atom stereocenters. The van der Waals surface area contributed by atoms with Crippen molar-refractivity contribution < 1.29 is 9.59 Å². The van der Waals surface area contributed by atoms with Crippen molar-refractivity contribution >= 4 is 34.5 Å². The molecule has 36 heavy (non-hydrogen) atoms. The SMILES string of the molecule is CC.CSc1ncnc2c1ncn2CC(=O)[C@H]1CCC2C3CCC4=CC(=O)CC[C@@]4(C)C3CC[C@]21C. The Morgan fingerprint density at radius 2 is 1.86 bits per heavy atom. The van der Waals surface area contributed by atoms with Crippen molar-refractivity contribution in [3.63, 3.8) is 0 Å². The van der Waals surface area contributed by atoms with Gasteiger partial charge in [0.25, 0.3) is 0 Å². The summed E-state index contributed by atoms with van der Waals surface area (Å²) in [6, 6.07) is 0. The number of nitrogens with zero attached hydrogens (tertiary/aromatic N) is 4. The number of imidazole rings is 1. The van der Waals surface area contributed by atoms with Crippen LogP contribution in [0.3, 0.4) is 0 Å². The van der Waals surface area contributed by atoms with E-state index in [0.29, 0.717) is 42.3 Å². The van der Waals surface area contributed by atoms with Gasteiger partial charge in [0.15, 0.2) is 17.2 Å². The number of fused-ring (bicyclic) bond motifs is 6. The maximum absolute atomic E-state index is 13.7. The summed E-state index contributed by atoms with van der Waals surface area (Å²) < 4.78 is 1.92. The Bertz CT molecular complexity index is 1210. The van der Waals surface area contributed by atoms with Gasteiger partial charge in [-0.1, -0.05) is 33.3 Å². The van der Waals surface area contributed by atoms with Gasteiger partial charge >= 0.3 is 0 Å². The highest BCUT2D eigenvalue weighted by Crippen LogP contribution is 2.66. The minimum absolute atomic E-state index is 0.0795. The van der Waals surface area contributed by atoms with Gasteiger partial charge in [-0.3, -0.25) is 9.59 Å². The molecule has 3 saturated carbocycles. The monoisotopic (exact) mass is 508 g/mol. The number of hydrogen-bond acceptors (Lipinski definition) is 6. The smallest absolute Gasteiger partial charge is 0.164 e. The highest BCUT2D eigenvalue weighted by atomic mass is 32.2. The molecule has 3 fully saturated rings. The van der Waals surface area contributed by atoms with E-state index in [0.717, 1.165) is 48.3 Å². The molecule has 194 valence electrons. The Balaban J connectivity index is 0.00000130. The number of ketones is 2. The number of carbonyl (C=O) groups is 2. The van der Waals surface area contributed by atoms with Crippen LogP contribution in [0.25, 0.3) is 11.2 Å². The minimum atomic E-state index is 0.0795. The predicted molar refractivity (Wildman–Crippen MR) is 144 cm³/mol. The number of thioether (sulfide) groups is 1. The maximum Gasteiger partial charge on any atom is 0.164 e. The Morgan fingerprint density at radius 1 is 1.06 bits per heavy atom. The Kier molecular flexibility index (Phi) is 6.90. The second-order valence-corrected chi connectivity index (χ2v) is 12.3. The van der Waals surface area contributed by atoms with Crippen molar-refractivity contribution in [2.75, 3.05) is 6.26 Å². The first-order valence-corrected chi connectivity index (χ1v) is 15.0. The zero-order valence-corrected chi connectivity index (χ0v) is 23.2. The van der Waals surface area contributed by atoms with E-state index in [2.05, 4.69) is 28.8 Å². The van der Waals surface area contributed by atoms with Crippen LogP contribution in [-0.2, 0) is 16.1 Å². The van der Waals surface area contributed by atoms with Crippen molar-refractivity contribution in [3.8, 4) is 0 Å². The zero-order valence-electron chi connectivity index (χ0n) is 22.4. The van der Waals surface area contributed by atoms with E-state index in [1.165, 1.54) is 18.4 Å². The van der Waals surface area contributed by atoms with E-state index in [4.69, 9.17) is 0 Å². The van der Waals surface area contributed by atoms with Crippen LogP contribution in [0.15, 0.2) is 29.3 Å². The van der Waals surface area contributed by atoms with E-state index >= 15 is 0 Å². The lowest BCUT2D eigenvalue weighted by Gasteiger charge is -2.58. The molecule has 4 aliphatic carbocycles. The van der Waals surface area contributed by atoms with Crippen LogP contribution in [0.4, 0.5) is 0 Å². The lowest BCUT2D eigenvalue weighted by molar-refractivity contribution is -0.131. The van der Waals surface area contributed by atoms with Gasteiger partial charge in [0.05, 0.1) is 12.9 Å². The molecule has 0 radical (unpaired) electrons. The third-order valence-electron chi connectivity index (χ3n) is 10.2. The van der Waals surface area contributed by atoms with E-state index in [9.17, 15) is 9.59 Å². The van der Waals surface area contributed by atoms with Gasteiger partial charge < -0.3 is 4.57 Å². The normalized spacial score (nSPS) is 35.2. The summed E-state index contributed by atoms with van der Waals surface area (Å²) in [5.41, 5.74) is 3.21. The van der Waals surface area contributed by atoms with Crippen molar-refractivity contribution in [3.05, 3.63) is 24.3 Å². The molecule has 4 aliphatic rings. The van der Waals surface area contributed by atoms with Crippen LogP contribution >= 0.6 is 11.8 Å². The Hall–Kier alpha value is -2.02. The zero-order chi connectivity index (χ0) is 25.7. The summed E-state index contributed by atoms with van der Waals surface area (Å²) in [5, 5.41) is 0.853. The second-order valence-electron chi connectivity index (χ2n) is 11.5. The largest absolute Gasteiger partial charge is 0.308 e. The van der Waals surface area contributed by atoms with Crippen LogP contribution in [0.2, 0.25) is 0 Å². The maximum atomic E-state index is 13.7. The van der Waals surface area contributed by atoms with Gasteiger partial charge in [0, 0.05) is 12.3 Å². The summed E-state index contributed by atoms with van der Waals surface area (Å²) >= 11 is 1.55. The fraction of sp³-hybridized carbons (Fsp3) is 0.690. The van der Waals surface area contributed by atoms with Gasteiger partial charge in [-0.15, -0.1) is 11.8 Å². The quantitative estimate of drug-likeness (QED) is 0.357. The topological polar surface area (TPSA) is 77.7 Å². The fourth-order valence-electron chi connectivity index (χ4n) is 8.49. The van der Waals surface area contributed by atoms with E-state index < -0.39 is 0 Å². The second kappa shape index (κ2) is 9.70. The minimum Gasteiger partial charge on any atom is -0.308 e. The molecule has 0 saturated heterocycles. The summed E-state index contributed by atoms with van der Waals surface area (Å²) in [5.74, 6) is 2.71. The van der Waals surface area contributed by atoms with Crippen LogP contribution in [0.1, 0.15) is 79.1 Å². The number of allylic oxidation sites excluding steroid dienone is 1. The average Bonchev–Trinajstić information content (AvgIpc) is 3.46. The molecule has 6 rings (SSSR count). The van der Waals surface area contributed by atoms with Gasteiger partial charge in [-0.25, -0.2) is 15.0 Å². The number of carbonyl (C=O) groups excluding carboxylic acids is 2. The molecule has 7 heteroatoms. The fourth-order valence-corrected chi connectivity index (χ4v) is 8.98. The van der Waals surface area contributed by atoms with Gasteiger partial charge in [0.1, 0.15) is 16.9 Å². The van der Waals surface area contributed by atoms with Gasteiger partial charge in [-0.2, -0.15) is 0 Å². The third-order valence-corrected chi connectivity index (χ3v) is 10.9. The summed E-state index contributed by atoms with van der Waals surface area (Å²) in [7, 11) is 0. The Labute approximate surface area is 219 Å². The molecule has 0 amide bonds. The molecule has 0 aromatic carbocycles. The molecular formula is C29H40N4O2S. The molecule has 0 aliphatic heterocycles. The molecule has 0 bridgehead atoms. The summed E-state index contributed by atoms with van der Waals surface area (Å²) in [6.45, 7) is 9.17. The van der Waals surface area contributed by atoms with E-state index in [-0.39, 0.29) is 16.7 Å². The number of rotatable bonds is 4. The Morgan fingerprint density at radius 3 is 2.64 bits per heavy atom. The molecule has 2 heterocycles. The molecule has 6 nitrogen and oxygen atoms in total. The van der Waals surface area contributed by atoms with Crippen LogP contribution < -0.4 is 0 Å². The standard InChI is InChI=1S/C27H34N4O2S.C2H6/c1-26-10-8-17(32)12-16(26)4-5-18-19-6-7-21(27(19,2)11-9-20(18)26)22(33)13-31-15-30-23-24(31)28-14-29-25(23)34-3;1-2/h12,14-15,18-21H,4-11,13H2,1-3H3;1-2H3/t18?,19?,20?,21-,26-,27-;/m1./s1. The lowest BCUT2D eigenvalue weighted by Crippen LogP contribution is -2.51. The van der Waals surface area contributed by atoms with Crippen molar-refractivity contribution in [2.24, 2.45) is 34.5 Å². The van der Waals surface area contributed by atoms with Crippen molar-refractivity contribution in [1.29, 1.82) is 0 Å². The predicted octanol–water partition coefficient (Wildman–Crippen LogP) is 6.29. The van der Waals surface area contributed by atoms with Crippen LogP contribution in [0, 0.1) is 34.5 Å². The van der Waals surface area contributed by atoms with Crippen LogP contribution in [-0.4, -0.2) is 37.3 Å². The van der Waals surface area contributed by atoms with Gasteiger partial charge in [0.2, 0.25) is 0 Å². The summed E-state index contributed by atoms with van der Waals surface area (Å²) in [6.07, 6.45) is 15.7. The highest BCUT2D eigenvalue weighted by molar-refractivity contribution is 7.98. The number of aromatic nitrogens is 4. The lowest BCUT2D eigenvalue weighted by atomic mass is 9.46. The molecule has 0 N–H and O–H groups in total. The third kappa shape index (κ3) is 3.88. The average molecular weight is 509 g/mol. The first kappa shape index (κ1) is 25.6. The number of hydrogen-bond donors (Lipinski definition) is 0. The molecule has 3 unspecified atom stereocenters. The van der Waals surface area contributed by atoms with Gasteiger partial charge in [-0.05, 0) is 85.9 Å². The first-order valence-electron chi connectivity index (χ1n) is 13.8. The highest BCUT2D eigenvalue weighted by Gasteiger charge is 2.60. The van der Waals surface area contributed by atoms with E-state index in [1.807, 2.05) is 30.7 Å². The summed E-state index contributed by atoms with van der Waals surface area (Å²) in [4.78, 5) is 39.0. The molecule has 2 aromatic heterocycles. The molecular weight excluding hydrogens is 468 g/mol.